The monoisotopic (exact) mass is 231 g/mol. The lowest BCUT2D eigenvalue weighted by Gasteiger charge is -2.32. The summed E-state index contributed by atoms with van der Waals surface area (Å²) in [5.41, 5.74) is -0.706. The van der Waals surface area contributed by atoms with E-state index in [4.69, 9.17) is 9.84 Å². The third kappa shape index (κ3) is 6.08. The first-order valence-electron chi connectivity index (χ1n) is 5.64. The Kier molecular flexibility index (Phi) is 5.97. The Morgan fingerprint density at radius 1 is 1.31 bits per heavy atom. The van der Waals surface area contributed by atoms with Crippen molar-refractivity contribution in [1.29, 1.82) is 0 Å². The summed E-state index contributed by atoms with van der Waals surface area (Å²) >= 11 is 0. The molecule has 0 fully saturated rings. The van der Waals surface area contributed by atoms with Crippen molar-refractivity contribution in [2.45, 2.75) is 34.1 Å². The van der Waals surface area contributed by atoms with E-state index in [2.05, 4.69) is 19.2 Å². The van der Waals surface area contributed by atoms with Crippen molar-refractivity contribution in [3.8, 4) is 0 Å². The molecule has 0 spiro atoms. The molecular formula is C12H25NO3. The van der Waals surface area contributed by atoms with E-state index in [1.165, 1.54) is 0 Å². The number of hydrogen-bond donors (Lipinski definition) is 2. The van der Waals surface area contributed by atoms with Crippen LogP contribution in [0.2, 0.25) is 0 Å². The maximum Gasteiger partial charge on any atom is 0.309 e. The van der Waals surface area contributed by atoms with Gasteiger partial charge in [-0.2, -0.15) is 0 Å². The molecule has 0 heterocycles. The normalized spacial score (nSPS) is 12.8. The van der Waals surface area contributed by atoms with E-state index in [1.807, 2.05) is 0 Å². The molecule has 0 aliphatic heterocycles. The number of ether oxygens (including phenoxy) is 1. The van der Waals surface area contributed by atoms with Crippen LogP contribution in [0.1, 0.15) is 34.1 Å². The molecule has 0 aliphatic rings. The van der Waals surface area contributed by atoms with E-state index < -0.39 is 11.4 Å². The van der Waals surface area contributed by atoms with Gasteiger partial charge in [0, 0.05) is 20.2 Å². The van der Waals surface area contributed by atoms with Crippen molar-refractivity contribution < 1.29 is 14.6 Å². The highest BCUT2D eigenvalue weighted by Gasteiger charge is 2.34. The third-order valence-electron chi connectivity index (χ3n) is 2.59. The summed E-state index contributed by atoms with van der Waals surface area (Å²) < 4.78 is 4.94. The largest absolute Gasteiger partial charge is 0.481 e. The van der Waals surface area contributed by atoms with Crippen LogP contribution in [0.25, 0.3) is 0 Å². The van der Waals surface area contributed by atoms with Crippen LogP contribution in [0.5, 0.6) is 0 Å². The summed E-state index contributed by atoms with van der Waals surface area (Å²) in [6.07, 6.45) is 0.648. The molecule has 0 bridgehead atoms. The number of carboxylic acids is 1. The Bertz CT molecular complexity index is 224. The zero-order valence-corrected chi connectivity index (χ0v) is 11.1. The van der Waals surface area contributed by atoms with E-state index in [9.17, 15) is 4.79 Å². The summed E-state index contributed by atoms with van der Waals surface area (Å²) in [6.45, 7) is 9.98. The quantitative estimate of drug-likeness (QED) is 0.625. The van der Waals surface area contributed by atoms with Crippen molar-refractivity contribution in [3.63, 3.8) is 0 Å². The molecule has 2 N–H and O–H groups in total. The van der Waals surface area contributed by atoms with E-state index in [1.54, 1.807) is 21.0 Å². The lowest BCUT2D eigenvalue weighted by molar-refractivity contribution is -0.148. The number of aliphatic carboxylic acids is 1. The number of rotatable bonds is 8. The molecule has 0 aromatic carbocycles. The molecule has 0 aromatic rings. The van der Waals surface area contributed by atoms with Crippen molar-refractivity contribution in [3.05, 3.63) is 0 Å². The Hall–Kier alpha value is -0.610. The van der Waals surface area contributed by atoms with Gasteiger partial charge in [-0.05, 0) is 25.7 Å². The molecule has 4 heteroatoms. The fourth-order valence-electron chi connectivity index (χ4n) is 1.94. The van der Waals surface area contributed by atoms with Crippen LogP contribution in [0, 0.1) is 10.8 Å². The van der Waals surface area contributed by atoms with Gasteiger partial charge in [0.2, 0.25) is 0 Å². The van der Waals surface area contributed by atoms with Crippen LogP contribution >= 0.6 is 0 Å². The molecule has 0 rings (SSSR count). The molecule has 96 valence electrons. The molecule has 0 amide bonds. The van der Waals surface area contributed by atoms with Gasteiger partial charge in [-0.15, -0.1) is 0 Å². The Labute approximate surface area is 98.4 Å². The zero-order chi connectivity index (χ0) is 12.8. The molecule has 0 saturated carbocycles. The molecule has 16 heavy (non-hydrogen) atoms. The average Bonchev–Trinajstić information content (AvgIpc) is 2.10. The smallest absolute Gasteiger partial charge is 0.309 e. The SMILES string of the molecule is COCCNCC(C)(C)CC(C)(C)C(=O)O. The molecule has 0 aliphatic carbocycles. The Morgan fingerprint density at radius 2 is 1.88 bits per heavy atom. The second-order valence-corrected chi connectivity index (χ2v) is 5.70. The van der Waals surface area contributed by atoms with Crippen LogP contribution in [0.15, 0.2) is 0 Å². The molecule has 4 nitrogen and oxygen atoms in total. The maximum absolute atomic E-state index is 11.0. The minimum atomic E-state index is -0.738. The van der Waals surface area contributed by atoms with Gasteiger partial charge >= 0.3 is 5.97 Å². The Morgan fingerprint density at radius 3 is 2.31 bits per heavy atom. The first kappa shape index (κ1) is 15.4. The van der Waals surface area contributed by atoms with E-state index in [0.29, 0.717) is 13.0 Å². The van der Waals surface area contributed by atoms with Crippen molar-refractivity contribution in [1.82, 2.24) is 5.32 Å². The second-order valence-electron chi connectivity index (χ2n) is 5.70. The fourth-order valence-corrected chi connectivity index (χ4v) is 1.94. The maximum atomic E-state index is 11.0. The average molecular weight is 231 g/mol. The number of nitrogens with one attached hydrogen (secondary N) is 1. The topological polar surface area (TPSA) is 58.6 Å². The standard InChI is InChI=1S/C12H25NO3/c1-11(2,9-13-6-7-16-5)8-12(3,4)10(14)15/h13H,6-9H2,1-5H3,(H,14,15). The molecule has 0 atom stereocenters. The van der Waals surface area contributed by atoms with Gasteiger partial charge in [-0.3, -0.25) is 4.79 Å². The van der Waals surface area contributed by atoms with Crippen molar-refractivity contribution in [2.24, 2.45) is 10.8 Å². The van der Waals surface area contributed by atoms with Crippen molar-refractivity contribution in [2.75, 3.05) is 26.8 Å². The minimum Gasteiger partial charge on any atom is -0.481 e. The lowest BCUT2D eigenvalue weighted by Crippen LogP contribution is -2.37. The first-order valence-corrected chi connectivity index (χ1v) is 5.64. The first-order chi connectivity index (χ1) is 7.21. The number of carboxylic acid groups (broad SMARTS) is 1. The Balaban J connectivity index is 4.08. The van der Waals surface area contributed by atoms with Gasteiger partial charge in [0.05, 0.1) is 12.0 Å². The molecule has 0 saturated heterocycles. The van der Waals surface area contributed by atoms with Gasteiger partial charge in [-0.25, -0.2) is 0 Å². The summed E-state index contributed by atoms with van der Waals surface area (Å²) in [5.74, 6) is -0.738. The lowest BCUT2D eigenvalue weighted by atomic mass is 9.75. The summed E-state index contributed by atoms with van der Waals surface area (Å²) in [7, 11) is 1.67. The fraction of sp³-hybridized carbons (Fsp3) is 0.917. The summed E-state index contributed by atoms with van der Waals surface area (Å²) in [5, 5.41) is 12.3. The highest BCUT2D eigenvalue weighted by Crippen LogP contribution is 2.33. The summed E-state index contributed by atoms with van der Waals surface area (Å²) in [6, 6.07) is 0. The molecule has 0 radical (unpaired) electrons. The van der Waals surface area contributed by atoms with Crippen LogP contribution in [-0.2, 0) is 9.53 Å². The van der Waals surface area contributed by atoms with E-state index in [-0.39, 0.29) is 5.41 Å². The minimum absolute atomic E-state index is 0.0321. The molecular weight excluding hydrogens is 206 g/mol. The van der Waals surface area contributed by atoms with Crippen LogP contribution in [0.4, 0.5) is 0 Å². The predicted octanol–water partition coefficient (Wildman–Crippen LogP) is 1.75. The van der Waals surface area contributed by atoms with E-state index in [0.717, 1.165) is 13.1 Å². The van der Waals surface area contributed by atoms with Gasteiger partial charge < -0.3 is 15.2 Å². The summed E-state index contributed by atoms with van der Waals surface area (Å²) in [4.78, 5) is 11.0. The van der Waals surface area contributed by atoms with Crippen molar-refractivity contribution >= 4 is 5.97 Å². The van der Waals surface area contributed by atoms with Crippen LogP contribution in [-0.4, -0.2) is 37.9 Å². The van der Waals surface area contributed by atoms with Gasteiger partial charge in [0.25, 0.3) is 0 Å². The van der Waals surface area contributed by atoms with E-state index >= 15 is 0 Å². The van der Waals surface area contributed by atoms with Crippen LogP contribution < -0.4 is 5.32 Å². The second kappa shape index (κ2) is 6.21. The molecule has 0 unspecified atom stereocenters. The molecule has 0 aromatic heterocycles. The zero-order valence-electron chi connectivity index (χ0n) is 11.1. The van der Waals surface area contributed by atoms with Gasteiger partial charge in [0.15, 0.2) is 0 Å². The highest BCUT2D eigenvalue weighted by molar-refractivity contribution is 5.73. The number of carbonyl (C=O) groups is 1. The van der Waals surface area contributed by atoms with Gasteiger partial charge in [-0.1, -0.05) is 13.8 Å². The number of hydrogen-bond acceptors (Lipinski definition) is 3. The van der Waals surface area contributed by atoms with Gasteiger partial charge in [0.1, 0.15) is 0 Å². The predicted molar refractivity (Wildman–Crippen MR) is 64.6 cm³/mol. The number of methoxy groups -OCH3 is 1. The highest BCUT2D eigenvalue weighted by atomic mass is 16.5. The third-order valence-corrected chi connectivity index (χ3v) is 2.59. The van der Waals surface area contributed by atoms with Crippen LogP contribution in [0.3, 0.4) is 0 Å².